The number of benzene rings is 3. The van der Waals surface area contributed by atoms with Crippen molar-refractivity contribution in [2.24, 2.45) is 0 Å². The van der Waals surface area contributed by atoms with Crippen LogP contribution in [0.2, 0.25) is 0 Å². The third kappa shape index (κ3) is 4.05. The van der Waals surface area contributed by atoms with Gasteiger partial charge in [-0.3, -0.25) is 0 Å². The van der Waals surface area contributed by atoms with Crippen LogP contribution in [-0.4, -0.2) is 9.97 Å². The summed E-state index contributed by atoms with van der Waals surface area (Å²) in [5, 5.41) is 0. The second-order valence-electron chi connectivity index (χ2n) is 7.08. The molecule has 0 fully saturated rings. The van der Waals surface area contributed by atoms with Crippen LogP contribution in [0.3, 0.4) is 0 Å². The van der Waals surface area contributed by atoms with Crippen LogP contribution in [0.5, 0.6) is 0 Å². The Morgan fingerprint density at radius 3 is 2.54 bits per heavy atom. The van der Waals surface area contributed by atoms with Gasteiger partial charge in [-0.2, -0.15) is 0 Å². The van der Waals surface area contributed by atoms with Crippen molar-refractivity contribution in [1.82, 2.24) is 9.97 Å². The highest BCUT2D eigenvalue weighted by molar-refractivity contribution is 7.98. The smallest absolute Gasteiger partial charge is 0.0922 e. The zero-order chi connectivity index (χ0) is 19.3. The molecule has 1 heterocycles. The topological polar surface area (TPSA) is 28.7 Å². The summed E-state index contributed by atoms with van der Waals surface area (Å²) < 4.78 is 0. The van der Waals surface area contributed by atoms with Gasteiger partial charge in [0.15, 0.2) is 0 Å². The van der Waals surface area contributed by atoms with Gasteiger partial charge in [0, 0.05) is 22.5 Å². The largest absolute Gasteiger partial charge is 0.348 e. The molecule has 0 radical (unpaired) electrons. The van der Waals surface area contributed by atoms with E-state index in [-0.39, 0.29) is 5.92 Å². The van der Waals surface area contributed by atoms with E-state index < -0.39 is 0 Å². The van der Waals surface area contributed by atoms with E-state index in [0.29, 0.717) is 0 Å². The molecule has 3 heteroatoms. The second kappa shape index (κ2) is 8.49. The number of rotatable bonds is 6. The summed E-state index contributed by atoms with van der Waals surface area (Å²) in [6, 6.07) is 26.1. The minimum absolute atomic E-state index is 0.152. The maximum absolute atomic E-state index is 4.28. The van der Waals surface area contributed by atoms with Crippen LogP contribution in [0.15, 0.2) is 90.2 Å². The Labute approximate surface area is 171 Å². The number of hydrogen-bond donors (Lipinski definition) is 1. The van der Waals surface area contributed by atoms with Gasteiger partial charge >= 0.3 is 0 Å². The number of imidazole rings is 1. The van der Waals surface area contributed by atoms with Gasteiger partial charge in [0.25, 0.3) is 0 Å². The number of aryl methyl sites for hydroxylation is 1. The lowest BCUT2D eigenvalue weighted by atomic mass is 9.85. The molecule has 4 aromatic rings. The van der Waals surface area contributed by atoms with E-state index in [1.165, 1.54) is 32.7 Å². The molecule has 0 aliphatic rings. The molecule has 140 valence electrons. The Bertz CT molecular complexity index is 1040. The lowest BCUT2D eigenvalue weighted by Crippen LogP contribution is -2.07. The molecule has 4 rings (SSSR count). The summed E-state index contributed by atoms with van der Waals surface area (Å²) in [6.45, 7) is 4.39. The van der Waals surface area contributed by atoms with E-state index in [9.17, 15) is 0 Å². The number of hydrogen-bond acceptors (Lipinski definition) is 2. The van der Waals surface area contributed by atoms with E-state index in [2.05, 4.69) is 96.6 Å². The van der Waals surface area contributed by atoms with Gasteiger partial charge in [-0.25, -0.2) is 4.98 Å². The molecule has 0 saturated carbocycles. The standard InChI is InChI=1S/C25H24N2S/c1-18-8-6-13-23(19(18)2)25(24-15-26-17-27-24)21-11-7-12-22(14-21)28-16-20-9-4-3-5-10-20/h3-15,17,25H,16H2,1-2H3,(H,26,27). The third-order valence-electron chi connectivity index (χ3n) is 5.23. The molecular formula is C25H24N2S. The molecule has 2 nitrogen and oxygen atoms in total. The molecular weight excluding hydrogens is 360 g/mol. The summed E-state index contributed by atoms with van der Waals surface area (Å²) in [5.74, 6) is 1.13. The van der Waals surface area contributed by atoms with Crippen LogP contribution < -0.4 is 0 Å². The predicted octanol–water partition coefficient (Wildman–Crippen LogP) is 6.50. The van der Waals surface area contributed by atoms with Crippen LogP contribution in [0.1, 0.15) is 39.4 Å². The van der Waals surface area contributed by atoms with Crippen molar-refractivity contribution < 1.29 is 0 Å². The Hall–Kier alpha value is -2.78. The maximum Gasteiger partial charge on any atom is 0.0922 e. The molecule has 0 aliphatic carbocycles. The van der Waals surface area contributed by atoms with Crippen molar-refractivity contribution in [3.63, 3.8) is 0 Å². The number of nitrogens with one attached hydrogen (secondary N) is 1. The lowest BCUT2D eigenvalue weighted by molar-refractivity contribution is 0.913. The van der Waals surface area contributed by atoms with Crippen molar-refractivity contribution in [3.05, 3.63) is 119 Å². The second-order valence-corrected chi connectivity index (χ2v) is 8.12. The number of thioether (sulfide) groups is 1. The monoisotopic (exact) mass is 384 g/mol. The fourth-order valence-corrected chi connectivity index (χ4v) is 4.48. The minimum Gasteiger partial charge on any atom is -0.348 e. The fraction of sp³-hybridized carbons (Fsp3) is 0.160. The first-order valence-corrected chi connectivity index (χ1v) is 10.5. The molecule has 1 unspecified atom stereocenters. The predicted molar refractivity (Wildman–Crippen MR) is 118 cm³/mol. The molecule has 0 spiro atoms. The van der Waals surface area contributed by atoms with E-state index in [0.717, 1.165) is 11.4 Å². The van der Waals surface area contributed by atoms with Crippen molar-refractivity contribution >= 4 is 11.8 Å². The highest BCUT2D eigenvalue weighted by Crippen LogP contribution is 2.35. The zero-order valence-corrected chi connectivity index (χ0v) is 17.0. The van der Waals surface area contributed by atoms with Crippen LogP contribution >= 0.6 is 11.8 Å². The summed E-state index contributed by atoms with van der Waals surface area (Å²) in [7, 11) is 0. The van der Waals surface area contributed by atoms with Crippen molar-refractivity contribution in [2.45, 2.75) is 30.4 Å². The molecule has 1 aromatic heterocycles. The summed E-state index contributed by atoms with van der Waals surface area (Å²) >= 11 is 1.88. The van der Waals surface area contributed by atoms with Crippen LogP contribution in [-0.2, 0) is 5.75 Å². The van der Waals surface area contributed by atoms with Gasteiger partial charge < -0.3 is 4.98 Å². The van der Waals surface area contributed by atoms with Gasteiger partial charge in [0.1, 0.15) is 0 Å². The van der Waals surface area contributed by atoms with Crippen LogP contribution in [0, 0.1) is 13.8 Å². The Balaban J connectivity index is 1.68. The van der Waals surface area contributed by atoms with Gasteiger partial charge in [-0.1, -0.05) is 60.7 Å². The fourth-order valence-electron chi connectivity index (χ4n) is 3.56. The molecule has 0 bridgehead atoms. The summed E-state index contributed by atoms with van der Waals surface area (Å²) in [5.41, 5.74) is 7.74. The SMILES string of the molecule is Cc1cccc(C(c2cccc(SCc3ccccc3)c2)c2cnc[nH]2)c1C. The van der Waals surface area contributed by atoms with Crippen LogP contribution in [0.4, 0.5) is 0 Å². The minimum atomic E-state index is 0.152. The number of nitrogens with zero attached hydrogens (tertiary/aromatic N) is 1. The first-order valence-electron chi connectivity index (χ1n) is 9.53. The van der Waals surface area contributed by atoms with Gasteiger partial charge in [0.05, 0.1) is 12.2 Å². The maximum atomic E-state index is 4.28. The number of H-pyrrole nitrogens is 1. The van der Waals surface area contributed by atoms with Gasteiger partial charge in [-0.05, 0) is 53.8 Å². The number of aromatic nitrogens is 2. The zero-order valence-electron chi connectivity index (χ0n) is 16.2. The van der Waals surface area contributed by atoms with Gasteiger partial charge in [0.2, 0.25) is 0 Å². The normalized spacial score (nSPS) is 12.1. The number of aromatic amines is 1. The average molecular weight is 385 g/mol. The molecule has 1 atom stereocenters. The molecule has 0 aliphatic heterocycles. The van der Waals surface area contributed by atoms with Crippen LogP contribution in [0.25, 0.3) is 0 Å². The molecule has 28 heavy (non-hydrogen) atoms. The Kier molecular flexibility index (Phi) is 5.63. The van der Waals surface area contributed by atoms with E-state index >= 15 is 0 Å². The summed E-state index contributed by atoms with van der Waals surface area (Å²) in [4.78, 5) is 8.91. The first kappa shape index (κ1) is 18.6. The molecule has 3 aromatic carbocycles. The molecule has 1 N–H and O–H groups in total. The van der Waals surface area contributed by atoms with Crippen molar-refractivity contribution in [3.8, 4) is 0 Å². The Morgan fingerprint density at radius 1 is 0.929 bits per heavy atom. The molecule has 0 amide bonds. The van der Waals surface area contributed by atoms with E-state index in [1.54, 1.807) is 6.33 Å². The quantitative estimate of drug-likeness (QED) is 0.384. The third-order valence-corrected chi connectivity index (χ3v) is 6.29. The van der Waals surface area contributed by atoms with E-state index in [1.807, 2.05) is 18.0 Å². The molecule has 0 saturated heterocycles. The van der Waals surface area contributed by atoms with Crippen molar-refractivity contribution in [1.29, 1.82) is 0 Å². The van der Waals surface area contributed by atoms with Gasteiger partial charge in [-0.15, -0.1) is 11.8 Å². The Morgan fingerprint density at radius 2 is 1.75 bits per heavy atom. The lowest BCUT2D eigenvalue weighted by Gasteiger charge is -2.20. The first-order chi connectivity index (χ1) is 13.7. The highest BCUT2D eigenvalue weighted by atomic mass is 32.2. The average Bonchev–Trinajstić information content (AvgIpc) is 3.25. The van der Waals surface area contributed by atoms with Crippen molar-refractivity contribution in [2.75, 3.05) is 0 Å². The van der Waals surface area contributed by atoms with E-state index in [4.69, 9.17) is 0 Å². The highest BCUT2D eigenvalue weighted by Gasteiger charge is 2.20. The summed E-state index contributed by atoms with van der Waals surface area (Å²) in [6.07, 6.45) is 3.71.